The lowest BCUT2D eigenvalue weighted by atomic mass is 10.2. The number of esters is 1. The second-order valence-electron chi connectivity index (χ2n) is 4.97. The molecule has 3 aromatic rings. The Hall–Kier alpha value is -3.28. The molecule has 25 heavy (non-hydrogen) atoms. The van der Waals surface area contributed by atoms with Gasteiger partial charge in [0, 0.05) is 29.5 Å². The first kappa shape index (κ1) is 18.1. The Morgan fingerprint density at radius 3 is 2.64 bits per heavy atom. The Bertz CT molecular complexity index is 843. The van der Waals surface area contributed by atoms with E-state index in [1.54, 1.807) is 18.5 Å². The number of H-pyrrole nitrogens is 1. The third-order valence-electron chi connectivity index (χ3n) is 3.32. The summed E-state index contributed by atoms with van der Waals surface area (Å²) in [7, 11) is 1.35. The number of ether oxygens (including phenoxy) is 1. The maximum Gasteiger partial charge on any atom is 0.339 e. The van der Waals surface area contributed by atoms with Gasteiger partial charge >= 0.3 is 5.97 Å². The van der Waals surface area contributed by atoms with Gasteiger partial charge in [-0.3, -0.25) is 4.98 Å². The first-order valence-corrected chi connectivity index (χ1v) is 8.01. The minimum Gasteiger partial charge on any atom is -0.465 e. The van der Waals surface area contributed by atoms with Crippen LogP contribution < -0.4 is 11.1 Å². The molecule has 0 unspecified atom stereocenters. The van der Waals surface area contributed by atoms with E-state index in [1.165, 1.54) is 7.11 Å². The van der Waals surface area contributed by atoms with Crippen molar-refractivity contribution in [3.63, 3.8) is 0 Å². The fourth-order valence-corrected chi connectivity index (χ4v) is 2.22. The highest BCUT2D eigenvalue weighted by atomic mass is 16.5. The van der Waals surface area contributed by atoms with Crippen molar-refractivity contribution in [1.29, 1.82) is 0 Å². The van der Waals surface area contributed by atoms with Crippen LogP contribution in [-0.4, -0.2) is 23.0 Å². The van der Waals surface area contributed by atoms with Gasteiger partial charge in [0.15, 0.2) is 0 Å². The summed E-state index contributed by atoms with van der Waals surface area (Å²) >= 11 is 0. The monoisotopic (exact) mass is 338 g/mol. The molecule has 0 saturated carbocycles. The maximum absolute atomic E-state index is 11.5. The largest absolute Gasteiger partial charge is 0.465 e. The van der Waals surface area contributed by atoms with Gasteiger partial charge in [-0.2, -0.15) is 0 Å². The van der Waals surface area contributed by atoms with Crippen molar-refractivity contribution >= 4 is 23.0 Å². The van der Waals surface area contributed by atoms with Crippen molar-refractivity contribution in [2.24, 2.45) is 0 Å². The molecular weight excluding hydrogens is 316 g/mol. The number of aromatic nitrogens is 2. The van der Waals surface area contributed by atoms with Crippen molar-refractivity contribution in [2.75, 3.05) is 18.2 Å². The van der Waals surface area contributed by atoms with E-state index in [1.807, 2.05) is 50.2 Å². The number of methoxy groups -OCH3 is 1. The molecule has 2 aromatic heterocycles. The molecule has 0 fully saturated rings. The van der Waals surface area contributed by atoms with Gasteiger partial charge in [-0.1, -0.05) is 19.9 Å². The fourth-order valence-electron chi connectivity index (χ4n) is 2.22. The number of pyridine rings is 1. The molecule has 0 amide bonds. The van der Waals surface area contributed by atoms with Crippen molar-refractivity contribution in [2.45, 2.75) is 13.8 Å². The van der Waals surface area contributed by atoms with E-state index in [2.05, 4.69) is 15.3 Å². The van der Waals surface area contributed by atoms with Crippen LogP contribution in [0.2, 0.25) is 0 Å². The van der Waals surface area contributed by atoms with Gasteiger partial charge in [0.25, 0.3) is 0 Å². The molecule has 0 radical (unpaired) electrons. The number of nitrogens with one attached hydrogen (secondary N) is 2. The van der Waals surface area contributed by atoms with E-state index in [4.69, 9.17) is 10.5 Å². The van der Waals surface area contributed by atoms with Crippen LogP contribution in [0.3, 0.4) is 0 Å². The van der Waals surface area contributed by atoms with E-state index >= 15 is 0 Å². The van der Waals surface area contributed by atoms with Crippen LogP contribution in [0.15, 0.2) is 54.9 Å². The van der Waals surface area contributed by atoms with Crippen LogP contribution in [0.1, 0.15) is 24.2 Å². The molecular formula is C19H22N4O2. The van der Waals surface area contributed by atoms with Crippen LogP contribution in [0.4, 0.5) is 17.1 Å². The lowest BCUT2D eigenvalue weighted by Crippen LogP contribution is -1.98. The van der Waals surface area contributed by atoms with Crippen molar-refractivity contribution in [3.05, 3.63) is 60.4 Å². The van der Waals surface area contributed by atoms with Crippen LogP contribution in [0.5, 0.6) is 0 Å². The molecule has 0 bridgehead atoms. The number of nitrogens with zero attached hydrogens (tertiary/aromatic N) is 1. The molecule has 6 nitrogen and oxygen atoms in total. The number of hydrogen-bond donors (Lipinski definition) is 3. The highest BCUT2D eigenvalue weighted by molar-refractivity contribution is 5.90. The second-order valence-corrected chi connectivity index (χ2v) is 4.97. The smallest absolute Gasteiger partial charge is 0.339 e. The molecule has 0 atom stereocenters. The SMILES string of the molecule is CC.COC(=O)c1c[nH]c(-c2cc(Nc3cccc(N)c3)ccn2)c1. The summed E-state index contributed by atoms with van der Waals surface area (Å²) in [5.74, 6) is -0.387. The van der Waals surface area contributed by atoms with E-state index in [-0.39, 0.29) is 5.97 Å². The first-order chi connectivity index (χ1) is 12.2. The fraction of sp³-hybridized carbons (Fsp3) is 0.158. The number of carbonyl (C=O) groups excluding carboxylic acids is 1. The normalized spacial score (nSPS) is 9.72. The molecule has 130 valence electrons. The van der Waals surface area contributed by atoms with Gasteiger partial charge in [0.1, 0.15) is 0 Å². The summed E-state index contributed by atoms with van der Waals surface area (Å²) < 4.78 is 4.70. The number of aromatic amines is 1. The molecule has 0 saturated heterocycles. The quantitative estimate of drug-likeness (QED) is 0.489. The predicted molar refractivity (Wildman–Crippen MR) is 101 cm³/mol. The van der Waals surface area contributed by atoms with Crippen LogP contribution >= 0.6 is 0 Å². The standard InChI is InChI=1S/C17H16N4O2.C2H6/c1-23-17(22)11-7-15(20-10-11)16-9-14(5-6-19-16)21-13-4-2-3-12(18)8-13;1-2/h2-10,20H,18H2,1H3,(H,19,21);1-2H3. The van der Waals surface area contributed by atoms with Gasteiger partial charge in [-0.05, 0) is 36.4 Å². The molecule has 6 heteroatoms. The number of anilines is 3. The lowest BCUT2D eigenvalue weighted by molar-refractivity contribution is 0.0601. The second kappa shape index (κ2) is 8.54. The van der Waals surface area contributed by atoms with Crippen LogP contribution in [0.25, 0.3) is 11.4 Å². The first-order valence-electron chi connectivity index (χ1n) is 8.01. The topological polar surface area (TPSA) is 93.0 Å². The Labute approximate surface area is 147 Å². The van der Waals surface area contributed by atoms with E-state index in [0.717, 1.165) is 17.1 Å². The summed E-state index contributed by atoms with van der Waals surface area (Å²) in [5, 5.41) is 3.27. The zero-order chi connectivity index (χ0) is 18.2. The van der Waals surface area contributed by atoms with E-state index in [9.17, 15) is 4.79 Å². The van der Waals surface area contributed by atoms with Gasteiger partial charge in [-0.15, -0.1) is 0 Å². The summed E-state index contributed by atoms with van der Waals surface area (Å²) in [6.07, 6.45) is 3.30. The van der Waals surface area contributed by atoms with Crippen LogP contribution in [-0.2, 0) is 4.74 Å². The number of carbonyl (C=O) groups is 1. The summed E-state index contributed by atoms with van der Waals surface area (Å²) in [5.41, 5.74) is 10.1. The maximum atomic E-state index is 11.5. The molecule has 0 aliphatic rings. The molecule has 2 heterocycles. The van der Waals surface area contributed by atoms with E-state index < -0.39 is 0 Å². The number of rotatable bonds is 4. The lowest BCUT2D eigenvalue weighted by Gasteiger charge is -2.08. The van der Waals surface area contributed by atoms with Crippen molar-refractivity contribution in [1.82, 2.24) is 9.97 Å². The van der Waals surface area contributed by atoms with Gasteiger partial charge in [0.2, 0.25) is 0 Å². The Morgan fingerprint density at radius 1 is 1.16 bits per heavy atom. The van der Waals surface area contributed by atoms with Crippen molar-refractivity contribution < 1.29 is 9.53 Å². The summed E-state index contributed by atoms with van der Waals surface area (Å²) in [6.45, 7) is 4.00. The molecule has 0 aliphatic heterocycles. The number of nitrogen functional groups attached to an aromatic ring is 1. The van der Waals surface area contributed by atoms with Gasteiger partial charge in [0.05, 0.1) is 24.1 Å². The molecule has 0 aliphatic carbocycles. The van der Waals surface area contributed by atoms with Gasteiger partial charge < -0.3 is 20.8 Å². The van der Waals surface area contributed by atoms with E-state index in [0.29, 0.717) is 16.9 Å². The zero-order valence-electron chi connectivity index (χ0n) is 14.5. The zero-order valence-corrected chi connectivity index (χ0v) is 14.5. The molecule has 0 spiro atoms. The number of hydrogen-bond acceptors (Lipinski definition) is 5. The Balaban J connectivity index is 0.00000109. The highest BCUT2D eigenvalue weighted by Crippen LogP contribution is 2.23. The average molecular weight is 338 g/mol. The third kappa shape index (κ3) is 4.60. The number of nitrogens with two attached hydrogens (primary N) is 1. The average Bonchev–Trinajstić information content (AvgIpc) is 3.13. The van der Waals surface area contributed by atoms with Crippen molar-refractivity contribution in [3.8, 4) is 11.4 Å². The molecule has 1 aromatic carbocycles. The highest BCUT2D eigenvalue weighted by Gasteiger charge is 2.10. The Kier molecular flexibility index (Phi) is 6.17. The van der Waals surface area contributed by atoms with Gasteiger partial charge in [-0.25, -0.2) is 4.79 Å². The minimum atomic E-state index is -0.387. The molecule has 3 rings (SSSR count). The summed E-state index contributed by atoms with van der Waals surface area (Å²) in [4.78, 5) is 18.9. The minimum absolute atomic E-state index is 0.387. The Morgan fingerprint density at radius 2 is 1.92 bits per heavy atom. The van der Waals surface area contributed by atoms with Crippen LogP contribution in [0, 0.1) is 0 Å². The predicted octanol–water partition coefficient (Wildman–Crippen LogP) is 4.22. The third-order valence-corrected chi connectivity index (χ3v) is 3.32. The molecule has 4 N–H and O–H groups in total. The summed E-state index contributed by atoms with van der Waals surface area (Å²) in [6, 6.07) is 12.9. The number of benzene rings is 1.